The van der Waals surface area contributed by atoms with E-state index in [-0.39, 0.29) is 17.6 Å². The van der Waals surface area contributed by atoms with Crippen LogP contribution in [0.2, 0.25) is 5.02 Å². The molecule has 1 aromatic carbocycles. The minimum Gasteiger partial charge on any atom is -0.423 e. The van der Waals surface area contributed by atoms with Gasteiger partial charge < -0.3 is 4.74 Å². The van der Waals surface area contributed by atoms with Crippen LogP contribution in [0.4, 0.5) is 4.39 Å². The predicted molar refractivity (Wildman–Crippen MR) is 133 cm³/mol. The van der Waals surface area contributed by atoms with Crippen molar-refractivity contribution in [2.24, 2.45) is 35.5 Å². The first-order valence-electron chi connectivity index (χ1n) is 13.7. The standard InChI is InChI=1S/C29H42ClFO2/c1-2-3-4-5-7-20-10-12-21(13-11-20)22-14-16-25-23(18-22)8-6-9-26(25)29(32)33-28-17-15-24(30)19-27(28)31/h15,17,19-23,25-26H,2-14,16,18H2,1H3. The molecule has 0 heterocycles. The molecular weight excluding hydrogens is 435 g/mol. The number of ether oxygens (including phenoxy) is 1. The topological polar surface area (TPSA) is 26.3 Å². The lowest BCUT2D eigenvalue weighted by Crippen LogP contribution is -2.40. The lowest BCUT2D eigenvalue weighted by atomic mass is 9.59. The zero-order chi connectivity index (χ0) is 23.2. The SMILES string of the molecule is CCCCCCC1CCC(C2CCC3C(CCCC3C(=O)Oc3ccc(Cl)cc3F)C2)CC1. The Morgan fingerprint density at radius 2 is 1.76 bits per heavy atom. The van der Waals surface area contributed by atoms with E-state index in [1.807, 2.05) is 0 Å². The number of hydrogen-bond acceptors (Lipinski definition) is 2. The van der Waals surface area contributed by atoms with E-state index in [2.05, 4.69) is 6.92 Å². The molecule has 3 aliphatic carbocycles. The van der Waals surface area contributed by atoms with E-state index in [1.165, 1.54) is 89.2 Å². The molecule has 4 atom stereocenters. The molecule has 2 nitrogen and oxygen atoms in total. The largest absolute Gasteiger partial charge is 0.423 e. The summed E-state index contributed by atoms with van der Waals surface area (Å²) in [4.78, 5) is 13.0. The normalized spacial score (nSPS) is 32.2. The number of carbonyl (C=O) groups excluding carboxylic acids is 1. The summed E-state index contributed by atoms with van der Waals surface area (Å²) in [6.45, 7) is 2.29. The van der Waals surface area contributed by atoms with Crippen molar-refractivity contribution in [3.05, 3.63) is 29.0 Å². The van der Waals surface area contributed by atoms with Crippen LogP contribution >= 0.6 is 11.6 Å². The molecule has 3 fully saturated rings. The molecule has 0 aliphatic heterocycles. The minimum atomic E-state index is -0.562. The molecular formula is C29H42ClFO2. The lowest BCUT2D eigenvalue weighted by molar-refractivity contribution is -0.144. The Balaban J connectivity index is 1.26. The average Bonchev–Trinajstić information content (AvgIpc) is 2.83. The van der Waals surface area contributed by atoms with Gasteiger partial charge in [-0.2, -0.15) is 0 Å². The summed E-state index contributed by atoms with van der Waals surface area (Å²) < 4.78 is 19.7. The van der Waals surface area contributed by atoms with Gasteiger partial charge in [0.25, 0.3) is 0 Å². The summed E-state index contributed by atoms with van der Waals surface area (Å²) in [7, 11) is 0. The van der Waals surface area contributed by atoms with Gasteiger partial charge in [-0.05, 0) is 86.3 Å². The smallest absolute Gasteiger partial charge is 0.314 e. The summed E-state index contributed by atoms with van der Waals surface area (Å²) in [6, 6.07) is 4.24. The second-order valence-electron chi connectivity index (χ2n) is 11.2. The van der Waals surface area contributed by atoms with Crippen molar-refractivity contribution in [2.45, 2.75) is 103 Å². The number of halogens is 2. The van der Waals surface area contributed by atoms with Crippen LogP contribution in [0, 0.1) is 41.3 Å². The van der Waals surface area contributed by atoms with Crippen LogP contribution in [0.15, 0.2) is 18.2 Å². The number of benzene rings is 1. The van der Waals surface area contributed by atoms with Crippen LogP contribution in [0.25, 0.3) is 0 Å². The van der Waals surface area contributed by atoms with Gasteiger partial charge in [0.2, 0.25) is 0 Å². The Morgan fingerprint density at radius 1 is 0.970 bits per heavy atom. The molecule has 0 amide bonds. The van der Waals surface area contributed by atoms with Crippen LogP contribution in [0.1, 0.15) is 103 Å². The highest BCUT2D eigenvalue weighted by Gasteiger charge is 2.43. The highest BCUT2D eigenvalue weighted by molar-refractivity contribution is 6.30. The lowest BCUT2D eigenvalue weighted by Gasteiger charge is -2.46. The number of rotatable bonds is 8. The Hall–Kier alpha value is -1.09. The van der Waals surface area contributed by atoms with Crippen molar-refractivity contribution in [1.29, 1.82) is 0 Å². The molecule has 0 spiro atoms. The highest BCUT2D eigenvalue weighted by atomic mass is 35.5. The average molecular weight is 477 g/mol. The third kappa shape index (κ3) is 6.53. The van der Waals surface area contributed by atoms with E-state index in [0.29, 0.717) is 16.9 Å². The molecule has 0 N–H and O–H groups in total. The van der Waals surface area contributed by atoms with Gasteiger partial charge in [0.15, 0.2) is 11.6 Å². The summed E-state index contributed by atoms with van der Waals surface area (Å²) in [5.74, 6) is 2.87. The zero-order valence-corrected chi connectivity index (χ0v) is 21.1. The maximum atomic E-state index is 14.1. The first-order valence-corrected chi connectivity index (χ1v) is 14.1. The second kappa shape index (κ2) is 12.0. The fourth-order valence-corrected chi connectivity index (χ4v) is 7.43. The first kappa shape index (κ1) is 25.0. The van der Waals surface area contributed by atoms with Crippen molar-refractivity contribution >= 4 is 17.6 Å². The maximum absolute atomic E-state index is 14.1. The van der Waals surface area contributed by atoms with Gasteiger partial charge in [-0.1, -0.05) is 76.3 Å². The van der Waals surface area contributed by atoms with Gasteiger partial charge in [0.1, 0.15) is 0 Å². The van der Waals surface area contributed by atoms with Crippen molar-refractivity contribution in [3.8, 4) is 5.75 Å². The Kier molecular flexibility index (Phi) is 9.13. The molecule has 0 aromatic heterocycles. The van der Waals surface area contributed by atoms with Crippen LogP contribution < -0.4 is 4.74 Å². The van der Waals surface area contributed by atoms with Gasteiger partial charge in [-0.15, -0.1) is 0 Å². The van der Waals surface area contributed by atoms with Gasteiger partial charge in [0.05, 0.1) is 5.92 Å². The van der Waals surface area contributed by atoms with Crippen molar-refractivity contribution in [1.82, 2.24) is 0 Å². The van der Waals surface area contributed by atoms with Crippen LogP contribution in [-0.2, 0) is 4.79 Å². The molecule has 4 rings (SSSR count). The van der Waals surface area contributed by atoms with Crippen LogP contribution in [-0.4, -0.2) is 5.97 Å². The molecule has 184 valence electrons. The van der Waals surface area contributed by atoms with E-state index >= 15 is 0 Å². The Morgan fingerprint density at radius 3 is 2.52 bits per heavy atom. The molecule has 0 saturated heterocycles. The van der Waals surface area contributed by atoms with Crippen molar-refractivity contribution in [3.63, 3.8) is 0 Å². The molecule has 1 aromatic rings. The van der Waals surface area contributed by atoms with E-state index in [9.17, 15) is 9.18 Å². The van der Waals surface area contributed by atoms with E-state index in [1.54, 1.807) is 6.07 Å². The van der Waals surface area contributed by atoms with Crippen molar-refractivity contribution < 1.29 is 13.9 Å². The molecule has 0 bridgehead atoms. The van der Waals surface area contributed by atoms with E-state index in [4.69, 9.17) is 16.3 Å². The Bertz CT molecular complexity index is 773. The highest BCUT2D eigenvalue weighted by Crippen LogP contribution is 2.50. The molecule has 4 heteroatoms. The minimum absolute atomic E-state index is 0.00617. The summed E-state index contributed by atoms with van der Waals surface area (Å²) in [6.07, 6.45) is 19.6. The maximum Gasteiger partial charge on any atom is 0.314 e. The van der Waals surface area contributed by atoms with Crippen molar-refractivity contribution in [2.75, 3.05) is 0 Å². The van der Waals surface area contributed by atoms with Gasteiger partial charge in [-0.25, -0.2) is 4.39 Å². The first-order chi connectivity index (χ1) is 16.0. The molecule has 3 aliphatic rings. The zero-order valence-electron chi connectivity index (χ0n) is 20.4. The van der Waals surface area contributed by atoms with Crippen LogP contribution in [0.5, 0.6) is 5.75 Å². The van der Waals surface area contributed by atoms with Gasteiger partial charge in [-0.3, -0.25) is 4.79 Å². The summed E-state index contributed by atoms with van der Waals surface area (Å²) in [5.41, 5.74) is 0. The number of carbonyl (C=O) groups is 1. The fraction of sp³-hybridized carbons (Fsp3) is 0.759. The molecule has 4 unspecified atom stereocenters. The second-order valence-corrected chi connectivity index (χ2v) is 11.6. The van der Waals surface area contributed by atoms with Gasteiger partial charge in [0, 0.05) is 5.02 Å². The van der Waals surface area contributed by atoms with Crippen LogP contribution in [0.3, 0.4) is 0 Å². The van der Waals surface area contributed by atoms with E-state index in [0.717, 1.165) is 37.0 Å². The summed E-state index contributed by atoms with van der Waals surface area (Å²) >= 11 is 5.83. The monoisotopic (exact) mass is 476 g/mol. The summed E-state index contributed by atoms with van der Waals surface area (Å²) in [5, 5.41) is 0.314. The Labute approximate surface area is 205 Å². The number of fused-ring (bicyclic) bond motifs is 1. The molecule has 0 radical (unpaired) electrons. The quantitative estimate of drug-likeness (QED) is 0.212. The molecule has 3 saturated carbocycles. The number of hydrogen-bond donors (Lipinski definition) is 0. The number of unbranched alkanes of at least 4 members (excludes halogenated alkanes) is 3. The third-order valence-corrected chi connectivity index (χ3v) is 9.35. The fourth-order valence-electron chi connectivity index (χ4n) is 7.27. The van der Waals surface area contributed by atoms with E-state index < -0.39 is 5.82 Å². The van der Waals surface area contributed by atoms with Gasteiger partial charge >= 0.3 is 5.97 Å². The molecule has 33 heavy (non-hydrogen) atoms. The number of esters is 1. The third-order valence-electron chi connectivity index (χ3n) is 9.12. The predicted octanol–water partition coefficient (Wildman–Crippen LogP) is 8.99.